The Bertz CT molecular complexity index is 300. The second-order valence-electron chi connectivity index (χ2n) is 6.23. The molecule has 1 heterocycles. The van der Waals surface area contributed by atoms with Crippen molar-refractivity contribution in [3.63, 3.8) is 0 Å². The molecule has 0 amide bonds. The molecule has 22 heavy (non-hydrogen) atoms. The molecule has 0 aromatic rings. The number of hydrogen-bond donors (Lipinski definition) is 2. The number of guanidine groups is 1. The van der Waals surface area contributed by atoms with Crippen LogP contribution in [0.15, 0.2) is 4.99 Å². The van der Waals surface area contributed by atoms with Crippen LogP contribution in [-0.2, 0) is 4.74 Å². The molecule has 1 aliphatic heterocycles. The lowest BCUT2D eigenvalue weighted by atomic mass is 10.2. The number of halogens is 1. The van der Waals surface area contributed by atoms with Gasteiger partial charge in [-0.15, -0.1) is 24.0 Å². The number of unbranched alkanes of at least 4 members (excludes halogenated alkanes) is 2. The zero-order valence-electron chi connectivity index (χ0n) is 14.7. The lowest BCUT2D eigenvalue weighted by Crippen LogP contribution is -2.50. The third-order valence-electron chi connectivity index (χ3n) is 3.64. The normalized spacial score (nSPS) is 19.9. The van der Waals surface area contributed by atoms with Crippen molar-refractivity contribution < 1.29 is 4.74 Å². The maximum absolute atomic E-state index is 5.84. The fourth-order valence-electron chi connectivity index (χ4n) is 2.60. The third-order valence-corrected chi connectivity index (χ3v) is 3.64. The first-order chi connectivity index (χ1) is 10.2. The summed E-state index contributed by atoms with van der Waals surface area (Å²) in [6, 6.07) is 0. The molecule has 1 atom stereocenters. The van der Waals surface area contributed by atoms with E-state index in [-0.39, 0.29) is 30.1 Å². The van der Waals surface area contributed by atoms with E-state index in [1.54, 1.807) is 0 Å². The first-order valence-corrected chi connectivity index (χ1v) is 8.44. The van der Waals surface area contributed by atoms with Crippen molar-refractivity contribution in [1.29, 1.82) is 0 Å². The van der Waals surface area contributed by atoms with Crippen molar-refractivity contribution in [3.8, 4) is 0 Å². The largest absolute Gasteiger partial charge is 0.374 e. The van der Waals surface area contributed by atoms with Gasteiger partial charge in [0, 0.05) is 39.8 Å². The minimum atomic E-state index is 0. The lowest BCUT2D eigenvalue weighted by molar-refractivity contribution is -0.0284. The molecule has 132 valence electrons. The van der Waals surface area contributed by atoms with Crippen molar-refractivity contribution in [2.75, 3.05) is 46.4 Å². The number of nitrogens with one attached hydrogen (secondary N) is 2. The average Bonchev–Trinajstić information content (AvgIpc) is 2.46. The van der Waals surface area contributed by atoms with Gasteiger partial charge in [0.15, 0.2) is 5.96 Å². The predicted octanol–water partition coefficient (Wildman–Crippen LogP) is 2.32. The summed E-state index contributed by atoms with van der Waals surface area (Å²) in [6.07, 6.45) is 3.96. The SMILES string of the molecule is CCCCCNC(=NC)NCC1CN(CC(C)C)CCO1.I. The van der Waals surface area contributed by atoms with E-state index in [1.165, 1.54) is 19.3 Å². The summed E-state index contributed by atoms with van der Waals surface area (Å²) in [5.74, 6) is 1.60. The number of ether oxygens (including phenoxy) is 1. The third kappa shape index (κ3) is 9.84. The maximum atomic E-state index is 5.84. The van der Waals surface area contributed by atoms with Gasteiger partial charge in [0.1, 0.15) is 0 Å². The smallest absolute Gasteiger partial charge is 0.191 e. The van der Waals surface area contributed by atoms with Gasteiger partial charge in [-0.3, -0.25) is 9.89 Å². The van der Waals surface area contributed by atoms with Crippen LogP contribution >= 0.6 is 24.0 Å². The van der Waals surface area contributed by atoms with Crippen molar-refractivity contribution in [2.24, 2.45) is 10.9 Å². The summed E-state index contributed by atoms with van der Waals surface area (Å²) in [6.45, 7) is 12.6. The summed E-state index contributed by atoms with van der Waals surface area (Å²) >= 11 is 0. The molecule has 6 heteroatoms. The van der Waals surface area contributed by atoms with Gasteiger partial charge in [-0.2, -0.15) is 0 Å². The number of rotatable bonds is 8. The van der Waals surface area contributed by atoms with Crippen LogP contribution in [0.4, 0.5) is 0 Å². The van der Waals surface area contributed by atoms with Gasteiger partial charge >= 0.3 is 0 Å². The van der Waals surface area contributed by atoms with E-state index >= 15 is 0 Å². The van der Waals surface area contributed by atoms with Crippen LogP contribution in [0.1, 0.15) is 40.0 Å². The topological polar surface area (TPSA) is 48.9 Å². The van der Waals surface area contributed by atoms with Gasteiger partial charge in [0.25, 0.3) is 0 Å². The Morgan fingerprint density at radius 1 is 1.32 bits per heavy atom. The fourth-order valence-corrected chi connectivity index (χ4v) is 2.60. The Morgan fingerprint density at radius 2 is 2.09 bits per heavy atom. The molecule has 0 aromatic carbocycles. The van der Waals surface area contributed by atoms with Crippen LogP contribution in [0.2, 0.25) is 0 Å². The molecular weight excluding hydrogens is 391 g/mol. The Balaban J connectivity index is 0.00000441. The molecule has 0 radical (unpaired) electrons. The molecule has 0 aliphatic carbocycles. The van der Waals surface area contributed by atoms with Gasteiger partial charge in [-0.1, -0.05) is 33.6 Å². The Kier molecular flexibility index (Phi) is 13.3. The molecular formula is C16H35IN4O. The summed E-state index contributed by atoms with van der Waals surface area (Å²) in [4.78, 5) is 6.76. The summed E-state index contributed by atoms with van der Waals surface area (Å²) < 4.78 is 5.84. The van der Waals surface area contributed by atoms with Gasteiger partial charge in [0.05, 0.1) is 12.7 Å². The van der Waals surface area contributed by atoms with Crippen molar-refractivity contribution >= 4 is 29.9 Å². The molecule has 1 rings (SSSR count). The van der Waals surface area contributed by atoms with Crippen LogP contribution in [0.5, 0.6) is 0 Å². The Labute approximate surface area is 153 Å². The van der Waals surface area contributed by atoms with E-state index in [9.17, 15) is 0 Å². The van der Waals surface area contributed by atoms with Crippen molar-refractivity contribution in [3.05, 3.63) is 0 Å². The lowest BCUT2D eigenvalue weighted by Gasteiger charge is -2.34. The molecule has 0 bridgehead atoms. The average molecular weight is 426 g/mol. The molecule has 1 saturated heterocycles. The quantitative estimate of drug-likeness (QED) is 0.271. The predicted molar refractivity (Wildman–Crippen MR) is 105 cm³/mol. The molecule has 0 spiro atoms. The van der Waals surface area contributed by atoms with E-state index in [0.29, 0.717) is 5.92 Å². The molecule has 5 nitrogen and oxygen atoms in total. The second-order valence-corrected chi connectivity index (χ2v) is 6.23. The Morgan fingerprint density at radius 3 is 2.73 bits per heavy atom. The molecule has 0 aromatic heterocycles. The highest BCUT2D eigenvalue weighted by Gasteiger charge is 2.20. The molecule has 1 aliphatic rings. The van der Waals surface area contributed by atoms with Gasteiger partial charge in [-0.05, 0) is 12.3 Å². The molecule has 1 unspecified atom stereocenters. The number of aliphatic imine (C=N–C) groups is 1. The molecule has 1 fully saturated rings. The minimum Gasteiger partial charge on any atom is -0.374 e. The highest BCUT2D eigenvalue weighted by atomic mass is 127. The number of nitrogens with zero attached hydrogens (tertiary/aromatic N) is 2. The van der Waals surface area contributed by atoms with Crippen LogP contribution < -0.4 is 10.6 Å². The summed E-state index contributed by atoms with van der Waals surface area (Å²) in [7, 11) is 1.82. The van der Waals surface area contributed by atoms with Gasteiger partial charge < -0.3 is 15.4 Å². The van der Waals surface area contributed by atoms with Crippen LogP contribution in [0.3, 0.4) is 0 Å². The summed E-state index contributed by atoms with van der Waals surface area (Å²) in [5, 5.41) is 6.73. The molecule has 0 saturated carbocycles. The highest BCUT2D eigenvalue weighted by Crippen LogP contribution is 2.07. The minimum absolute atomic E-state index is 0. The van der Waals surface area contributed by atoms with E-state index in [1.807, 2.05) is 7.05 Å². The van der Waals surface area contributed by atoms with Crippen LogP contribution in [0.25, 0.3) is 0 Å². The highest BCUT2D eigenvalue weighted by molar-refractivity contribution is 14.0. The summed E-state index contributed by atoms with van der Waals surface area (Å²) in [5.41, 5.74) is 0. The second kappa shape index (κ2) is 13.4. The number of morpholine rings is 1. The van der Waals surface area contributed by atoms with Gasteiger partial charge in [-0.25, -0.2) is 0 Å². The van der Waals surface area contributed by atoms with Crippen LogP contribution in [-0.4, -0.2) is 63.3 Å². The Hall–Kier alpha value is -0.0800. The molecule has 2 N–H and O–H groups in total. The van der Waals surface area contributed by atoms with Crippen molar-refractivity contribution in [1.82, 2.24) is 15.5 Å². The monoisotopic (exact) mass is 426 g/mol. The van der Waals surface area contributed by atoms with Gasteiger partial charge in [0.2, 0.25) is 0 Å². The first-order valence-electron chi connectivity index (χ1n) is 8.44. The first kappa shape index (κ1) is 21.9. The van der Waals surface area contributed by atoms with E-state index < -0.39 is 0 Å². The van der Waals surface area contributed by atoms with E-state index in [4.69, 9.17) is 4.74 Å². The number of hydrogen-bond acceptors (Lipinski definition) is 3. The zero-order chi connectivity index (χ0) is 15.5. The van der Waals surface area contributed by atoms with E-state index in [0.717, 1.165) is 45.3 Å². The fraction of sp³-hybridized carbons (Fsp3) is 0.938. The van der Waals surface area contributed by atoms with Crippen molar-refractivity contribution in [2.45, 2.75) is 46.1 Å². The van der Waals surface area contributed by atoms with Crippen LogP contribution in [0, 0.1) is 5.92 Å². The maximum Gasteiger partial charge on any atom is 0.191 e. The van der Waals surface area contributed by atoms with E-state index in [2.05, 4.69) is 41.3 Å². The zero-order valence-corrected chi connectivity index (χ0v) is 17.1. The standard InChI is InChI=1S/C16H34N4O.HI/c1-5-6-7-8-18-16(17-4)19-11-15-13-20(9-10-21-15)12-14(2)3;/h14-15H,5-13H2,1-4H3,(H2,17,18,19);1H.